The number of fused-ring (bicyclic) bond motifs is 1. The van der Waals surface area contributed by atoms with Gasteiger partial charge in [-0.25, -0.2) is 14.8 Å². The number of halogens is 3. The molecule has 1 aliphatic rings. The molecule has 1 unspecified atom stereocenters. The molecule has 0 radical (unpaired) electrons. The Morgan fingerprint density at radius 3 is 2.69 bits per heavy atom. The number of hydrogen-bond donors (Lipinski definition) is 1. The molecule has 6 nitrogen and oxygen atoms in total. The monoisotopic (exact) mass is 366 g/mol. The fraction of sp³-hybridized carbons (Fsp3) is 0.353. The molecule has 2 heterocycles. The number of benzene rings is 1. The van der Waals surface area contributed by atoms with Gasteiger partial charge in [-0.2, -0.15) is 13.2 Å². The van der Waals surface area contributed by atoms with Crippen LogP contribution in [0.4, 0.5) is 18.0 Å². The Kier molecular flexibility index (Phi) is 4.97. The van der Waals surface area contributed by atoms with E-state index in [-0.39, 0.29) is 24.5 Å². The van der Waals surface area contributed by atoms with E-state index < -0.39 is 11.7 Å². The van der Waals surface area contributed by atoms with Crippen LogP contribution in [0.15, 0.2) is 36.7 Å². The molecule has 2 aromatic rings. The summed E-state index contributed by atoms with van der Waals surface area (Å²) in [5.41, 5.74) is -0.0412. The Morgan fingerprint density at radius 2 is 2.00 bits per heavy atom. The highest BCUT2D eigenvalue weighted by Crippen LogP contribution is 2.27. The SMILES string of the molecule is CC1CN(C(=O)NCc2ncc(C(F)(F)F)cn2)Cc2ccccc2O1. The van der Waals surface area contributed by atoms with Crippen LogP contribution < -0.4 is 10.1 Å². The quantitative estimate of drug-likeness (QED) is 0.887. The van der Waals surface area contributed by atoms with Crippen molar-refractivity contribution < 1.29 is 22.7 Å². The van der Waals surface area contributed by atoms with Crippen LogP contribution in [0.3, 0.4) is 0 Å². The lowest BCUT2D eigenvalue weighted by atomic mass is 10.2. The smallest absolute Gasteiger partial charge is 0.419 e. The highest BCUT2D eigenvalue weighted by molar-refractivity contribution is 5.74. The fourth-order valence-electron chi connectivity index (χ4n) is 2.60. The van der Waals surface area contributed by atoms with E-state index in [1.807, 2.05) is 31.2 Å². The van der Waals surface area contributed by atoms with Crippen molar-refractivity contribution in [3.05, 3.63) is 53.6 Å². The predicted molar refractivity (Wildman–Crippen MR) is 86.2 cm³/mol. The maximum Gasteiger partial charge on any atom is 0.419 e. The van der Waals surface area contributed by atoms with Crippen LogP contribution >= 0.6 is 0 Å². The van der Waals surface area contributed by atoms with Crippen molar-refractivity contribution >= 4 is 6.03 Å². The number of nitrogens with zero attached hydrogens (tertiary/aromatic N) is 3. The van der Waals surface area contributed by atoms with Gasteiger partial charge in [0.15, 0.2) is 0 Å². The third-order valence-corrected chi connectivity index (χ3v) is 3.86. The zero-order chi connectivity index (χ0) is 18.7. The minimum Gasteiger partial charge on any atom is -0.489 e. The standard InChI is InChI=1S/C17H17F3N4O2/c1-11-9-24(10-12-4-2-3-5-14(12)26-11)16(25)23-8-15-21-6-13(7-22-15)17(18,19)20/h2-7,11H,8-10H2,1H3,(H,23,25). The van der Waals surface area contributed by atoms with Gasteiger partial charge in [-0.3, -0.25) is 0 Å². The number of alkyl halides is 3. The number of carbonyl (C=O) groups excluding carboxylic acids is 1. The molecule has 1 N–H and O–H groups in total. The molecule has 0 saturated heterocycles. The van der Waals surface area contributed by atoms with E-state index in [0.29, 0.717) is 25.5 Å². The molecule has 0 aliphatic carbocycles. The van der Waals surface area contributed by atoms with Gasteiger partial charge in [0.2, 0.25) is 0 Å². The van der Waals surface area contributed by atoms with Crippen molar-refractivity contribution in [3.63, 3.8) is 0 Å². The van der Waals surface area contributed by atoms with E-state index >= 15 is 0 Å². The van der Waals surface area contributed by atoms with Gasteiger partial charge < -0.3 is 15.0 Å². The van der Waals surface area contributed by atoms with Gasteiger partial charge in [-0.1, -0.05) is 18.2 Å². The van der Waals surface area contributed by atoms with Crippen LogP contribution in [-0.2, 0) is 19.3 Å². The first-order valence-corrected chi connectivity index (χ1v) is 7.98. The number of para-hydroxylation sites is 1. The first-order valence-electron chi connectivity index (χ1n) is 7.98. The van der Waals surface area contributed by atoms with E-state index in [9.17, 15) is 18.0 Å². The molecule has 1 aliphatic heterocycles. The van der Waals surface area contributed by atoms with E-state index in [1.165, 1.54) is 0 Å². The first kappa shape index (κ1) is 18.0. The number of hydrogen-bond acceptors (Lipinski definition) is 4. The van der Waals surface area contributed by atoms with Crippen molar-refractivity contribution in [1.29, 1.82) is 0 Å². The average molecular weight is 366 g/mol. The second-order valence-electron chi connectivity index (χ2n) is 5.96. The molecule has 138 valence electrons. The minimum absolute atomic E-state index is 0.0651. The van der Waals surface area contributed by atoms with Gasteiger partial charge in [0.1, 0.15) is 17.7 Å². The van der Waals surface area contributed by atoms with Crippen molar-refractivity contribution in [2.24, 2.45) is 0 Å². The summed E-state index contributed by atoms with van der Waals surface area (Å²) in [6.07, 6.45) is -3.28. The van der Waals surface area contributed by atoms with E-state index in [1.54, 1.807) is 4.90 Å². The first-order chi connectivity index (χ1) is 12.3. The Morgan fingerprint density at radius 1 is 1.31 bits per heavy atom. The number of rotatable bonds is 2. The van der Waals surface area contributed by atoms with E-state index in [4.69, 9.17) is 4.74 Å². The van der Waals surface area contributed by atoms with Gasteiger partial charge in [0, 0.05) is 18.0 Å². The van der Waals surface area contributed by atoms with E-state index in [0.717, 1.165) is 11.3 Å². The van der Waals surface area contributed by atoms with Crippen LogP contribution in [-0.4, -0.2) is 33.5 Å². The highest BCUT2D eigenvalue weighted by atomic mass is 19.4. The number of aromatic nitrogens is 2. The Labute approximate surface area is 148 Å². The van der Waals surface area contributed by atoms with Gasteiger partial charge >= 0.3 is 12.2 Å². The van der Waals surface area contributed by atoms with Gasteiger partial charge in [0.05, 0.1) is 25.2 Å². The average Bonchev–Trinajstić information content (AvgIpc) is 2.77. The summed E-state index contributed by atoms with van der Waals surface area (Å²) in [6.45, 7) is 2.56. The molecule has 1 atom stereocenters. The van der Waals surface area contributed by atoms with Crippen LogP contribution in [0, 0.1) is 0 Å². The summed E-state index contributed by atoms with van der Waals surface area (Å²) < 4.78 is 43.3. The summed E-state index contributed by atoms with van der Waals surface area (Å²) >= 11 is 0. The maximum absolute atomic E-state index is 12.5. The summed E-state index contributed by atoms with van der Waals surface area (Å²) in [7, 11) is 0. The van der Waals surface area contributed by atoms with Gasteiger partial charge in [-0.15, -0.1) is 0 Å². The van der Waals surface area contributed by atoms with Crippen LogP contribution in [0.5, 0.6) is 5.75 Å². The molecule has 9 heteroatoms. The lowest BCUT2D eigenvalue weighted by Crippen LogP contribution is -2.42. The van der Waals surface area contributed by atoms with Crippen LogP contribution in [0.25, 0.3) is 0 Å². The number of amides is 2. The number of ether oxygens (including phenoxy) is 1. The molecular weight excluding hydrogens is 349 g/mol. The summed E-state index contributed by atoms with van der Waals surface area (Å²) in [5, 5.41) is 2.63. The molecule has 1 aromatic carbocycles. The topological polar surface area (TPSA) is 67.4 Å². The molecule has 0 spiro atoms. The molecule has 26 heavy (non-hydrogen) atoms. The molecular formula is C17H17F3N4O2. The van der Waals surface area contributed by atoms with Crippen molar-refractivity contribution in [3.8, 4) is 5.75 Å². The Hall–Kier alpha value is -2.84. The zero-order valence-electron chi connectivity index (χ0n) is 14.0. The lowest BCUT2D eigenvalue weighted by molar-refractivity contribution is -0.138. The number of carbonyl (C=O) groups is 1. The molecule has 1 aromatic heterocycles. The second kappa shape index (κ2) is 7.19. The highest BCUT2D eigenvalue weighted by Gasteiger charge is 2.31. The number of nitrogens with one attached hydrogen (secondary N) is 1. The van der Waals surface area contributed by atoms with Gasteiger partial charge in [0.25, 0.3) is 0 Å². The van der Waals surface area contributed by atoms with E-state index in [2.05, 4.69) is 15.3 Å². The predicted octanol–water partition coefficient (Wildman–Crippen LogP) is 2.99. The zero-order valence-corrected chi connectivity index (χ0v) is 14.0. The van der Waals surface area contributed by atoms with Gasteiger partial charge in [-0.05, 0) is 13.0 Å². The molecule has 3 rings (SSSR count). The molecule has 0 bridgehead atoms. The largest absolute Gasteiger partial charge is 0.489 e. The Bertz CT molecular complexity index is 780. The molecule has 0 saturated carbocycles. The van der Waals surface area contributed by atoms with Crippen LogP contribution in [0.1, 0.15) is 23.9 Å². The second-order valence-corrected chi connectivity index (χ2v) is 5.96. The fourth-order valence-corrected chi connectivity index (χ4v) is 2.60. The Balaban J connectivity index is 1.63. The normalized spacial score (nSPS) is 17.1. The van der Waals surface area contributed by atoms with Crippen molar-refractivity contribution in [2.75, 3.05) is 6.54 Å². The van der Waals surface area contributed by atoms with Crippen LogP contribution in [0.2, 0.25) is 0 Å². The summed E-state index contributed by atoms with van der Waals surface area (Å²) in [5.74, 6) is 0.840. The van der Waals surface area contributed by atoms with Crippen molar-refractivity contribution in [2.45, 2.75) is 32.3 Å². The third-order valence-electron chi connectivity index (χ3n) is 3.86. The summed E-state index contributed by atoms with van der Waals surface area (Å²) in [4.78, 5) is 21.3. The number of urea groups is 1. The maximum atomic E-state index is 12.5. The lowest BCUT2D eigenvalue weighted by Gasteiger charge is -2.22. The third kappa shape index (κ3) is 4.22. The van der Waals surface area contributed by atoms with Crippen molar-refractivity contribution in [1.82, 2.24) is 20.2 Å². The summed E-state index contributed by atoms with van der Waals surface area (Å²) in [6, 6.07) is 7.10. The molecule has 0 fully saturated rings. The minimum atomic E-state index is -4.49. The molecule has 2 amide bonds.